The van der Waals surface area contributed by atoms with Crippen LogP contribution in [0.2, 0.25) is 0 Å². The summed E-state index contributed by atoms with van der Waals surface area (Å²) in [7, 11) is 0. The SMILES string of the molecule is NC(=O)c1cc(-c2cccnc2C2(NC(=O)Cn3nc4c(c3C(F)(F)F)CNC4)CC2c2cc(F)cc(F)c2)ccc1F. The molecule has 1 fully saturated rings. The first-order valence-electron chi connectivity index (χ1n) is 13.1. The van der Waals surface area contributed by atoms with Gasteiger partial charge < -0.3 is 16.4 Å². The number of primary amides is 1. The molecule has 14 heteroatoms. The van der Waals surface area contributed by atoms with E-state index in [4.69, 9.17) is 5.73 Å². The Balaban J connectivity index is 1.42. The maximum atomic E-state index is 14.3. The number of hydrogen-bond acceptors (Lipinski definition) is 5. The van der Waals surface area contributed by atoms with Crippen molar-refractivity contribution in [3.05, 3.63) is 106 Å². The van der Waals surface area contributed by atoms with Crippen LogP contribution < -0.4 is 16.4 Å². The number of fused-ring (bicyclic) bond motifs is 1. The lowest BCUT2D eigenvalue weighted by Crippen LogP contribution is -2.40. The molecule has 1 aliphatic heterocycles. The summed E-state index contributed by atoms with van der Waals surface area (Å²) in [4.78, 5) is 29.7. The number of carbonyl (C=O) groups is 2. The van der Waals surface area contributed by atoms with Crippen molar-refractivity contribution < 1.29 is 35.9 Å². The predicted molar refractivity (Wildman–Crippen MR) is 139 cm³/mol. The monoisotopic (exact) mass is 600 g/mol. The number of alkyl halides is 3. The normalized spacial score (nSPS) is 19.3. The van der Waals surface area contributed by atoms with Gasteiger partial charge in [-0.05, 0) is 47.9 Å². The summed E-state index contributed by atoms with van der Waals surface area (Å²) in [6, 6.07) is 9.63. The Morgan fingerprint density at radius 2 is 1.81 bits per heavy atom. The second-order valence-corrected chi connectivity index (χ2v) is 10.5. The van der Waals surface area contributed by atoms with Gasteiger partial charge in [-0.1, -0.05) is 12.1 Å². The fourth-order valence-electron chi connectivity index (χ4n) is 5.81. The summed E-state index contributed by atoms with van der Waals surface area (Å²) in [6.07, 6.45) is -3.29. The number of hydrogen-bond donors (Lipinski definition) is 3. The molecule has 0 saturated heterocycles. The molecule has 222 valence electrons. The standard InChI is InChI=1S/C29H22F6N6O2/c30-16-6-15(7-17(31)9-16)21-10-28(21,25-18(2-1-5-38-25)14-3-4-22(32)19(8-14)27(36)43)39-24(42)13-41-26(29(33,34)35)20-11-37-12-23(20)40-41/h1-9,21,37H,10-13H2,(H2,36,43)(H,39,42). The molecule has 2 aromatic carbocycles. The molecule has 1 aliphatic carbocycles. The number of pyridine rings is 1. The first-order valence-corrected chi connectivity index (χ1v) is 13.1. The van der Waals surface area contributed by atoms with Gasteiger partial charge in [0.15, 0.2) is 0 Å². The zero-order valence-electron chi connectivity index (χ0n) is 22.1. The molecule has 3 heterocycles. The lowest BCUT2D eigenvalue weighted by atomic mass is 9.94. The summed E-state index contributed by atoms with van der Waals surface area (Å²) < 4.78 is 85.2. The molecule has 0 spiro atoms. The second kappa shape index (κ2) is 10.2. The third kappa shape index (κ3) is 5.11. The van der Waals surface area contributed by atoms with Crippen LogP contribution in [0.5, 0.6) is 0 Å². The Hall–Kier alpha value is -4.72. The number of benzene rings is 2. The summed E-state index contributed by atoms with van der Waals surface area (Å²) >= 11 is 0. The number of carbonyl (C=O) groups excluding carboxylic acids is 2. The summed E-state index contributed by atoms with van der Waals surface area (Å²) in [6.45, 7) is -0.726. The fraction of sp³-hybridized carbons (Fsp3) is 0.241. The molecule has 8 nitrogen and oxygen atoms in total. The van der Waals surface area contributed by atoms with Crippen LogP contribution >= 0.6 is 0 Å². The van der Waals surface area contributed by atoms with E-state index >= 15 is 0 Å². The van der Waals surface area contributed by atoms with E-state index in [2.05, 4.69) is 20.7 Å². The van der Waals surface area contributed by atoms with Crippen molar-refractivity contribution in [2.24, 2.45) is 5.73 Å². The highest BCUT2D eigenvalue weighted by molar-refractivity contribution is 5.94. The van der Waals surface area contributed by atoms with E-state index in [9.17, 15) is 35.9 Å². The molecule has 4 N–H and O–H groups in total. The Morgan fingerprint density at radius 3 is 2.51 bits per heavy atom. The van der Waals surface area contributed by atoms with Crippen LogP contribution in [0.25, 0.3) is 11.1 Å². The maximum Gasteiger partial charge on any atom is 0.433 e. The number of halogens is 6. The van der Waals surface area contributed by atoms with Crippen LogP contribution in [0.1, 0.15) is 50.9 Å². The van der Waals surface area contributed by atoms with Gasteiger partial charge >= 0.3 is 6.18 Å². The summed E-state index contributed by atoms with van der Waals surface area (Å²) in [5.74, 6) is -5.18. The van der Waals surface area contributed by atoms with Gasteiger partial charge in [0.05, 0.1) is 22.5 Å². The third-order valence-corrected chi connectivity index (χ3v) is 7.67. The van der Waals surface area contributed by atoms with Crippen molar-refractivity contribution in [2.45, 2.75) is 43.7 Å². The average Bonchev–Trinajstić information content (AvgIpc) is 3.28. The van der Waals surface area contributed by atoms with Crippen molar-refractivity contribution in [1.82, 2.24) is 25.4 Å². The topological polar surface area (TPSA) is 115 Å². The molecule has 2 unspecified atom stereocenters. The molecular formula is C29H22F6N6O2. The molecule has 0 radical (unpaired) electrons. The van der Waals surface area contributed by atoms with Crippen LogP contribution in [0.3, 0.4) is 0 Å². The number of aromatic nitrogens is 3. The highest BCUT2D eigenvalue weighted by Gasteiger charge is 2.59. The van der Waals surface area contributed by atoms with Crippen LogP contribution in [0, 0.1) is 17.5 Å². The minimum absolute atomic E-state index is 0.0388. The molecule has 2 amide bonds. The van der Waals surface area contributed by atoms with Crippen LogP contribution in [0.15, 0.2) is 54.7 Å². The quantitative estimate of drug-likeness (QED) is 0.274. The number of nitrogens with two attached hydrogens (primary N) is 1. The molecule has 2 atom stereocenters. The van der Waals surface area contributed by atoms with E-state index in [0.717, 1.165) is 18.2 Å². The van der Waals surface area contributed by atoms with Gasteiger partial charge in [-0.2, -0.15) is 18.3 Å². The van der Waals surface area contributed by atoms with Crippen molar-refractivity contribution in [3.8, 4) is 11.1 Å². The van der Waals surface area contributed by atoms with Gasteiger partial charge in [0, 0.05) is 42.4 Å². The second-order valence-electron chi connectivity index (χ2n) is 10.5. The lowest BCUT2D eigenvalue weighted by molar-refractivity contribution is -0.145. The molecule has 2 aromatic heterocycles. The maximum absolute atomic E-state index is 14.3. The molecular weight excluding hydrogens is 578 g/mol. The van der Waals surface area contributed by atoms with Gasteiger partial charge in [0.2, 0.25) is 5.91 Å². The van der Waals surface area contributed by atoms with Crippen LogP contribution in [-0.2, 0) is 36.1 Å². The van der Waals surface area contributed by atoms with Gasteiger partial charge in [0.1, 0.15) is 29.7 Å². The van der Waals surface area contributed by atoms with Crippen LogP contribution in [-0.4, -0.2) is 26.6 Å². The Morgan fingerprint density at radius 1 is 1.07 bits per heavy atom. The average molecular weight is 601 g/mol. The van der Waals surface area contributed by atoms with E-state index < -0.39 is 64.7 Å². The third-order valence-electron chi connectivity index (χ3n) is 7.67. The van der Waals surface area contributed by atoms with Crippen LogP contribution in [0.4, 0.5) is 26.3 Å². The molecule has 2 aliphatic rings. The van der Waals surface area contributed by atoms with E-state index in [1.54, 1.807) is 12.1 Å². The van der Waals surface area contributed by atoms with Gasteiger partial charge in [0.25, 0.3) is 5.91 Å². The van der Waals surface area contributed by atoms with E-state index in [1.807, 2.05) is 0 Å². The smallest absolute Gasteiger partial charge is 0.366 e. The van der Waals surface area contributed by atoms with Gasteiger partial charge in [-0.3, -0.25) is 19.3 Å². The zero-order chi connectivity index (χ0) is 30.7. The lowest BCUT2D eigenvalue weighted by Gasteiger charge is -2.23. The number of nitrogens with one attached hydrogen (secondary N) is 2. The van der Waals surface area contributed by atoms with Gasteiger partial charge in [-0.25, -0.2) is 13.2 Å². The first kappa shape index (κ1) is 28.4. The van der Waals surface area contributed by atoms with E-state index in [-0.39, 0.29) is 42.0 Å². The molecule has 43 heavy (non-hydrogen) atoms. The number of rotatable bonds is 7. The molecule has 1 saturated carbocycles. The van der Waals surface area contributed by atoms with Crippen molar-refractivity contribution >= 4 is 11.8 Å². The highest BCUT2D eigenvalue weighted by Crippen LogP contribution is 2.59. The fourth-order valence-corrected chi connectivity index (χ4v) is 5.81. The highest BCUT2D eigenvalue weighted by atomic mass is 19.4. The molecule has 6 rings (SSSR count). The van der Waals surface area contributed by atoms with Crippen molar-refractivity contribution in [3.63, 3.8) is 0 Å². The molecule has 4 aromatic rings. The van der Waals surface area contributed by atoms with Crippen molar-refractivity contribution in [1.29, 1.82) is 0 Å². The summed E-state index contributed by atoms with van der Waals surface area (Å²) in [5.41, 5.74) is 3.62. The van der Waals surface area contributed by atoms with E-state index in [0.29, 0.717) is 21.9 Å². The Bertz CT molecular complexity index is 1770. The molecule has 0 bridgehead atoms. The zero-order valence-corrected chi connectivity index (χ0v) is 22.1. The van der Waals surface area contributed by atoms with Gasteiger partial charge in [-0.15, -0.1) is 0 Å². The van der Waals surface area contributed by atoms with Crippen molar-refractivity contribution in [2.75, 3.05) is 0 Å². The predicted octanol–water partition coefficient (Wildman–Crippen LogP) is 4.28. The summed E-state index contributed by atoms with van der Waals surface area (Å²) in [5, 5.41) is 9.57. The largest absolute Gasteiger partial charge is 0.433 e. The van der Waals surface area contributed by atoms with E-state index in [1.165, 1.54) is 18.3 Å². The number of nitrogens with zero attached hydrogens (tertiary/aromatic N) is 3. The Labute approximate surface area is 239 Å². The Kier molecular flexibility index (Phi) is 6.75. The number of amides is 2. The minimum atomic E-state index is -4.78. The minimum Gasteiger partial charge on any atom is -0.366 e. The first-order chi connectivity index (χ1) is 20.4.